The summed E-state index contributed by atoms with van der Waals surface area (Å²) in [7, 11) is 3.91. The predicted octanol–water partition coefficient (Wildman–Crippen LogP) is 1.99. The van der Waals surface area contributed by atoms with Gasteiger partial charge in [0.1, 0.15) is 6.04 Å². The summed E-state index contributed by atoms with van der Waals surface area (Å²) < 4.78 is -0.307. The minimum Gasteiger partial charge on any atom is -0.387 e. The van der Waals surface area contributed by atoms with Crippen molar-refractivity contribution in [2.75, 3.05) is 19.0 Å². The number of aliphatic hydroxyl groups excluding tert-OH is 1. The van der Waals surface area contributed by atoms with Crippen LogP contribution in [0.4, 0.5) is 5.69 Å². The first-order valence-electron chi connectivity index (χ1n) is 7.63. The van der Waals surface area contributed by atoms with E-state index < -0.39 is 18.1 Å². The molecule has 3 rings (SSSR count). The predicted molar refractivity (Wildman–Crippen MR) is 90.9 cm³/mol. The number of anilines is 1. The van der Waals surface area contributed by atoms with Gasteiger partial charge in [0.2, 0.25) is 5.91 Å². The van der Waals surface area contributed by atoms with E-state index in [0.717, 1.165) is 11.3 Å². The largest absolute Gasteiger partial charge is 0.387 e. The quantitative estimate of drug-likeness (QED) is 0.858. The Bertz CT molecular complexity index is 665. The van der Waals surface area contributed by atoms with Crippen LogP contribution in [0.1, 0.15) is 25.5 Å². The van der Waals surface area contributed by atoms with Gasteiger partial charge in [-0.25, -0.2) is 0 Å². The molecule has 0 saturated carbocycles. The summed E-state index contributed by atoms with van der Waals surface area (Å²) >= 11 is 1.61. The van der Waals surface area contributed by atoms with E-state index in [1.807, 2.05) is 57.1 Å². The Morgan fingerprint density at radius 3 is 2.48 bits per heavy atom. The molecule has 1 amide bonds. The summed E-state index contributed by atoms with van der Waals surface area (Å²) in [5.74, 6) is -0.591. The molecule has 1 N–H and O–H groups in total. The van der Waals surface area contributed by atoms with Crippen LogP contribution < -0.4 is 4.90 Å². The van der Waals surface area contributed by atoms with Crippen LogP contribution in [0, 0.1) is 17.2 Å². The van der Waals surface area contributed by atoms with Crippen molar-refractivity contribution < 1.29 is 9.90 Å². The highest BCUT2D eigenvalue weighted by Crippen LogP contribution is 2.55. The summed E-state index contributed by atoms with van der Waals surface area (Å²) in [4.78, 5) is 16.1. The molecule has 2 heterocycles. The third-order valence-corrected chi connectivity index (χ3v) is 6.29. The topological polar surface area (TPSA) is 67.6 Å². The Hall–Kier alpha value is -1.71. The van der Waals surface area contributed by atoms with Gasteiger partial charge in [0, 0.05) is 24.5 Å². The molecule has 2 fully saturated rings. The van der Waals surface area contributed by atoms with E-state index in [4.69, 9.17) is 0 Å². The first-order chi connectivity index (χ1) is 10.8. The number of aliphatic hydroxyl groups is 1. The van der Waals surface area contributed by atoms with E-state index in [-0.39, 0.29) is 16.0 Å². The lowest BCUT2D eigenvalue weighted by Crippen LogP contribution is -2.61. The van der Waals surface area contributed by atoms with Crippen LogP contribution in [-0.4, -0.2) is 46.2 Å². The van der Waals surface area contributed by atoms with Crippen LogP contribution in [0.3, 0.4) is 0 Å². The van der Waals surface area contributed by atoms with E-state index >= 15 is 0 Å². The van der Waals surface area contributed by atoms with Crippen LogP contribution >= 0.6 is 11.8 Å². The minimum absolute atomic E-state index is 0.120. The molecule has 2 aliphatic heterocycles. The fraction of sp³-hybridized carbons (Fsp3) is 0.529. The van der Waals surface area contributed by atoms with Crippen molar-refractivity contribution in [3.8, 4) is 6.07 Å². The van der Waals surface area contributed by atoms with Crippen LogP contribution in [0.2, 0.25) is 0 Å². The summed E-state index contributed by atoms with van der Waals surface area (Å²) in [6.07, 6.45) is -0.833. The number of carbonyl (C=O) groups is 1. The number of nitrogens with zero attached hydrogens (tertiary/aromatic N) is 3. The SMILES string of the molecule is CN(C)c1ccc(C(O)[C@H]2C(=O)N3[C@@H](C#N)C(C)(C)S[C@@H]23)cc1. The first kappa shape index (κ1) is 16.2. The maximum absolute atomic E-state index is 12.5. The number of benzene rings is 1. The molecule has 23 heavy (non-hydrogen) atoms. The summed E-state index contributed by atoms with van der Waals surface area (Å²) in [5.41, 5.74) is 1.79. The zero-order valence-corrected chi connectivity index (χ0v) is 14.5. The van der Waals surface area contributed by atoms with Gasteiger partial charge in [-0.05, 0) is 31.5 Å². The molecule has 122 valence electrons. The Balaban J connectivity index is 1.81. The highest BCUT2D eigenvalue weighted by Gasteiger charge is 2.63. The Labute approximate surface area is 140 Å². The molecule has 0 aliphatic carbocycles. The average molecular weight is 331 g/mol. The first-order valence-corrected chi connectivity index (χ1v) is 8.51. The molecule has 5 nitrogen and oxygen atoms in total. The van der Waals surface area contributed by atoms with Crippen molar-refractivity contribution >= 4 is 23.4 Å². The van der Waals surface area contributed by atoms with Gasteiger partial charge in [0.05, 0.1) is 23.5 Å². The Morgan fingerprint density at radius 2 is 1.96 bits per heavy atom. The van der Waals surface area contributed by atoms with E-state index in [1.165, 1.54) is 0 Å². The standard InChI is InChI=1S/C17H21N3O2S/c1-17(2)12(9-18)20-15(22)13(16(20)23-17)14(21)10-5-7-11(8-6-10)19(3)4/h5-8,12-14,16,21H,1-4H3/t12-,13-,14?,16-/m0/s1. The lowest BCUT2D eigenvalue weighted by atomic mass is 9.85. The number of hydrogen-bond acceptors (Lipinski definition) is 5. The van der Waals surface area contributed by atoms with Crippen molar-refractivity contribution in [3.63, 3.8) is 0 Å². The number of hydrogen-bond donors (Lipinski definition) is 1. The van der Waals surface area contributed by atoms with Gasteiger partial charge in [0.15, 0.2) is 0 Å². The van der Waals surface area contributed by atoms with E-state index in [2.05, 4.69) is 6.07 Å². The van der Waals surface area contributed by atoms with E-state index in [9.17, 15) is 15.2 Å². The van der Waals surface area contributed by atoms with Gasteiger partial charge in [-0.3, -0.25) is 4.79 Å². The van der Waals surface area contributed by atoms with Crippen molar-refractivity contribution in [2.24, 2.45) is 5.92 Å². The van der Waals surface area contributed by atoms with Gasteiger partial charge in [-0.1, -0.05) is 12.1 Å². The van der Waals surface area contributed by atoms with Gasteiger partial charge in [0.25, 0.3) is 0 Å². The summed E-state index contributed by atoms with van der Waals surface area (Å²) in [5, 5.41) is 19.9. The number of rotatable bonds is 3. The molecule has 0 radical (unpaired) electrons. The molecule has 0 aromatic heterocycles. The smallest absolute Gasteiger partial charge is 0.233 e. The van der Waals surface area contributed by atoms with Crippen LogP contribution in [-0.2, 0) is 4.79 Å². The van der Waals surface area contributed by atoms with Gasteiger partial charge in [-0.2, -0.15) is 5.26 Å². The molecule has 1 aromatic rings. The number of β-lactam (4-membered cyclic amide) rings is 1. The lowest BCUT2D eigenvalue weighted by molar-refractivity contribution is -0.159. The number of nitriles is 1. The van der Waals surface area contributed by atoms with Crippen molar-refractivity contribution in [1.29, 1.82) is 5.26 Å². The fourth-order valence-corrected chi connectivity index (χ4v) is 4.98. The van der Waals surface area contributed by atoms with E-state index in [0.29, 0.717) is 0 Å². The maximum atomic E-state index is 12.5. The van der Waals surface area contributed by atoms with Gasteiger partial charge >= 0.3 is 0 Å². The number of carbonyl (C=O) groups excluding carboxylic acids is 1. The molecule has 6 heteroatoms. The average Bonchev–Trinajstić information content (AvgIpc) is 2.74. The molecular weight excluding hydrogens is 310 g/mol. The molecule has 0 spiro atoms. The molecular formula is C17H21N3O2S. The van der Waals surface area contributed by atoms with Crippen LogP contribution in [0.15, 0.2) is 24.3 Å². The lowest BCUT2D eigenvalue weighted by Gasteiger charge is -2.45. The summed E-state index contributed by atoms with van der Waals surface area (Å²) in [6, 6.07) is 9.40. The number of thioether (sulfide) groups is 1. The second kappa shape index (κ2) is 5.43. The van der Waals surface area contributed by atoms with Gasteiger partial charge < -0.3 is 14.9 Å². The third kappa shape index (κ3) is 2.39. The van der Waals surface area contributed by atoms with Gasteiger partial charge in [-0.15, -0.1) is 11.8 Å². The zero-order chi connectivity index (χ0) is 16.9. The highest BCUT2D eigenvalue weighted by atomic mass is 32.2. The van der Waals surface area contributed by atoms with Crippen molar-refractivity contribution in [3.05, 3.63) is 29.8 Å². The van der Waals surface area contributed by atoms with Crippen molar-refractivity contribution in [1.82, 2.24) is 4.90 Å². The molecule has 2 aliphatic rings. The fourth-order valence-electron chi connectivity index (χ4n) is 3.31. The van der Waals surface area contributed by atoms with Crippen LogP contribution in [0.25, 0.3) is 0 Å². The third-order valence-electron chi connectivity index (χ3n) is 4.70. The molecule has 1 aromatic carbocycles. The number of amides is 1. The normalized spacial score (nSPS) is 29.5. The van der Waals surface area contributed by atoms with Crippen molar-refractivity contribution in [2.45, 2.75) is 36.1 Å². The molecule has 4 atom stereocenters. The maximum Gasteiger partial charge on any atom is 0.233 e. The zero-order valence-electron chi connectivity index (χ0n) is 13.7. The Kier molecular flexibility index (Phi) is 3.81. The summed E-state index contributed by atoms with van der Waals surface area (Å²) in [6.45, 7) is 3.96. The Morgan fingerprint density at radius 1 is 1.35 bits per heavy atom. The van der Waals surface area contributed by atoms with E-state index in [1.54, 1.807) is 16.7 Å². The second-order valence-electron chi connectivity index (χ2n) is 6.85. The van der Waals surface area contributed by atoms with Crippen LogP contribution in [0.5, 0.6) is 0 Å². The molecule has 1 unspecified atom stereocenters. The number of fused-ring (bicyclic) bond motifs is 1. The monoisotopic (exact) mass is 331 g/mol. The second-order valence-corrected chi connectivity index (χ2v) is 8.62. The molecule has 2 saturated heterocycles. The highest BCUT2D eigenvalue weighted by molar-refractivity contribution is 8.01. The minimum atomic E-state index is -0.833. The molecule has 0 bridgehead atoms.